The van der Waals surface area contributed by atoms with Gasteiger partial charge in [-0.05, 0) is 40.0 Å². The molecule has 1 N–H and O–H groups in total. The van der Waals surface area contributed by atoms with Gasteiger partial charge < -0.3 is 10.0 Å². The number of rotatable bonds is 4. The van der Waals surface area contributed by atoms with Gasteiger partial charge in [0.05, 0.1) is 12.1 Å². The first-order valence-electron chi connectivity index (χ1n) is 8.32. The van der Waals surface area contributed by atoms with Crippen LogP contribution in [0.5, 0.6) is 0 Å². The molecule has 0 radical (unpaired) electrons. The Labute approximate surface area is 128 Å². The van der Waals surface area contributed by atoms with Crippen molar-refractivity contribution in [2.45, 2.75) is 51.7 Å². The zero-order valence-corrected chi connectivity index (χ0v) is 13.8. The Morgan fingerprint density at radius 2 is 1.71 bits per heavy atom. The van der Waals surface area contributed by atoms with Crippen LogP contribution in [0.4, 0.5) is 0 Å². The first-order chi connectivity index (χ1) is 9.85. The largest absolute Gasteiger partial charge is 0.389 e. The number of piperidine rings is 1. The van der Waals surface area contributed by atoms with E-state index in [-0.39, 0.29) is 5.91 Å². The fraction of sp³-hybridized carbons (Fsp3) is 0.938. The Morgan fingerprint density at radius 3 is 2.29 bits per heavy atom. The summed E-state index contributed by atoms with van der Waals surface area (Å²) in [6.07, 6.45) is 3.54. The molecule has 21 heavy (non-hydrogen) atoms. The van der Waals surface area contributed by atoms with Gasteiger partial charge in [0.25, 0.3) is 0 Å². The Kier molecular flexibility index (Phi) is 5.63. The summed E-state index contributed by atoms with van der Waals surface area (Å²) in [5, 5.41) is 9.86. The average Bonchev–Trinajstić information content (AvgIpc) is 2.40. The summed E-state index contributed by atoms with van der Waals surface area (Å²) >= 11 is 0. The summed E-state index contributed by atoms with van der Waals surface area (Å²) in [4.78, 5) is 19.0. The van der Waals surface area contributed by atoms with E-state index in [1.807, 2.05) is 13.8 Å². The molecule has 2 fully saturated rings. The molecule has 2 aliphatic heterocycles. The SMILES string of the molecule is C[C@H]1CCCCN1C(=O)CN1CCN(CC(C)(C)O)CC1. The lowest BCUT2D eigenvalue weighted by Gasteiger charge is -2.39. The Balaban J connectivity index is 1.74. The monoisotopic (exact) mass is 297 g/mol. The highest BCUT2D eigenvalue weighted by Crippen LogP contribution is 2.17. The molecule has 0 aromatic rings. The zero-order chi connectivity index (χ0) is 15.5. The van der Waals surface area contributed by atoms with E-state index in [4.69, 9.17) is 0 Å². The molecular weight excluding hydrogens is 266 g/mol. The van der Waals surface area contributed by atoms with Crippen LogP contribution >= 0.6 is 0 Å². The predicted molar refractivity (Wildman–Crippen MR) is 84.2 cm³/mol. The lowest BCUT2D eigenvalue weighted by Crippen LogP contribution is -2.53. The van der Waals surface area contributed by atoms with Crippen molar-refractivity contribution in [3.05, 3.63) is 0 Å². The Bertz CT molecular complexity index is 346. The first kappa shape index (κ1) is 16.7. The van der Waals surface area contributed by atoms with Crippen LogP contribution in [0, 0.1) is 0 Å². The molecule has 0 aromatic carbocycles. The molecule has 0 aromatic heterocycles. The number of aliphatic hydroxyl groups is 1. The lowest BCUT2D eigenvalue weighted by atomic mass is 10.0. The third-order valence-electron chi connectivity index (χ3n) is 4.56. The molecule has 2 rings (SSSR count). The van der Waals surface area contributed by atoms with Gasteiger partial charge in [0.1, 0.15) is 0 Å². The number of hydrogen-bond acceptors (Lipinski definition) is 4. The molecular formula is C16H31N3O2. The molecule has 1 atom stereocenters. The molecule has 0 saturated carbocycles. The number of hydrogen-bond donors (Lipinski definition) is 1. The highest BCUT2D eigenvalue weighted by Gasteiger charge is 2.27. The molecule has 0 aliphatic carbocycles. The van der Waals surface area contributed by atoms with Gasteiger partial charge in [-0.3, -0.25) is 14.6 Å². The van der Waals surface area contributed by atoms with Gasteiger partial charge in [0, 0.05) is 45.3 Å². The summed E-state index contributed by atoms with van der Waals surface area (Å²) in [5.41, 5.74) is -0.638. The summed E-state index contributed by atoms with van der Waals surface area (Å²) < 4.78 is 0. The van der Waals surface area contributed by atoms with Gasteiger partial charge in [-0.2, -0.15) is 0 Å². The maximum atomic E-state index is 12.4. The second kappa shape index (κ2) is 7.07. The van der Waals surface area contributed by atoms with E-state index < -0.39 is 5.60 Å². The molecule has 5 heteroatoms. The van der Waals surface area contributed by atoms with Crippen LogP contribution in [0.25, 0.3) is 0 Å². The van der Waals surface area contributed by atoms with Crippen molar-refractivity contribution >= 4 is 5.91 Å². The standard InChI is InChI=1S/C16H31N3O2/c1-14-6-4-5-7-19(14)15(20)12-17-8-10-18(11-9-17)13-16(2,3)21/h14,21H,4-13H2,1-3H3/t14-/m0/s1. The van der Waals surface area contributed by atoms with Gasteiger partial charge in [-0.25, -0.2) is 0 Å². The minimum absolute atomic E-state index is 0.290. The first-order valence-corrected chi connectivity index (χ1v) is 8.32. The Morgan fingerprint density at radius 1 is 1.10 bits per heavy atom. The minimum atomic E-state index is -0.638. The zero-order valence-electron chi connectivity index (χ0n) is 13.8. The van der Waals surface area contributed by atoms with Gasteiger partial charge in [0.2, 0.25) is 5.91 Å². The number of carbonyl (C=O) groups excluding carboxylic acids is 1. The van der Waals surface area contributed by atoms with Crippen LogP contribution < -0.4 is 0 Å². The Hall–Kier alpha value is -0.650. The van der Waals surface area contributed by atoms with E-state index >= 15 is 0 Å². The third kappa shape index (κ3) is 5.24. The highest BCUT2D eigenvalue weighted by molar-refractivity contribution is 5.78. The summed E-state index contributed by atoms with van der Waals surface area (Å²) in [5.74, 6) is 0.290. The fourth-order valence-electron chi connectivity index (χ4n) is 3.40. The quantitative estimate of drug-likeness (QED) is 0.833. The topological polar surface area (TPSA) is 47.0 Å². The highest BCUT2D eigenvalue weighted by atomic mass is 16.3. The normalized spacial score (nSPS) is 26.1. The predicted octanol–water partition coefficient (Wildman–Crippen LogP) is 0.776. The molecule has 122 valence electrons. The van der Waals surface area contributed by atoms with Gasteiger partial charge in [0.15, 0.2) is 0 Å². The van der Waals surface area contributed by atoms with Crippen molar-refractivity contribution in [3.8, 4) is 0 Å². The molecule has 5 nitrogen and oxygen atoms in total. The molecule has 2 aliphatic rings. The molecule has 2 heterocycles. The average molecular weight is 297 g/mol. The van der Waals surface area contributed by atoms with Crippen molar-refractivity contribution < 1.29 is 9.90 Å². The van der Waals surface area contributed by atoms with Crippen LogP contribution in [0.3, 0.4) is 0 Å². The molecule has 1 amide bonds. The summed E-state index contributed by atoms with van der Waals surface area (Å²) in [6, 6.07) is 0.405. The fourth-order valence-corrected chi connectivity index (χ4v) is 3.40. The van der Waals surface area contributed by atoms with E-state index in [1.54, 1.807) is 0 Å². The van der Waals surface area contributed by atoms with Crippen LogP contribution in [0.1, 0.15) is 40.0 Å². The van der Waals surface area contributed by atoms with Crippen molar-refractivity contribution in [1.82, 2.24) is 14.7 Å². The van der Waals surface area contributed by atoms with Gasteiger partial charge >= 0.3 is 0 Å². The van der Waals surface area contributed by atoms with E-state index in [1.165, 1.54) is 6.42 Å². The van der Waals surface area contributed by atoms with Gasteiger partial charge in [-0.15, -0.1) is 0 Å². The number of likely N-dealkylation sites (tertiary alicyclic amines) is 1. The number of carbonyl (C=O) groups is 1. The van der Waals surface area contributed by atoms with Gasteiger partial charge in [-0.1, -0.05) is 0 Å². The van der Waals surface area contributed by atoms with E-state index in [2.05, 4.69) is 21.6 Å². The maximum absolute atomic E-state index is 12.4. The number of amides is 1. The van der Waals surface area contributed by atoms with Crippen LogP contribution in [-0.2, 0) is 4.79 Å². The summed E-state index contributed by atoms with van der Waals surface area (Å²) in [6.45, 7) is 11.8. The van der Waals surface area contributed by atoms with E-state index in [9.17, 15) is 9.90 Å². The van der Waals surface area contributed by atoms with E-state index in [0.717, 1.165) is 45.6 Å². The third-order valence-corrected chi connectivity index (χ3v) is 4.56. The number of β-amino-alcohol motifs (C(OH)–C–C–N with tert-alkyl or cyclic N) is 1. The maximum Gasteiger partial charge on any atom is 0.236 e. The molecule has 0 unspecified atom stereocenters. The smallest absolute Gasteiger partial charge is 0.236 e. The van der Waals surface area contributed by atoms with E-state index in [0.29, 0.717) is 19.1 Å². The van der Waals surface area contributed by atoms with Crippen LogP contribution in [-0.4, -0.2) is 83.2 Å². The molecule has 0 bridgehead atoms. The second-order valence-electron chi connectivity index (χ2n) is 7.30. The second-order valence-corrected chi connectivity index (χ2v) is 7.30. The lowest BCUT2D eigenvalue weighted by molar-refractivity contribution is -0.136. The van der Waals surface area contributed by atoms with Crippen molar-refractivity contribution in [3.63, 3.8) is 0 Å². The number of nitrogens with zero attached hydrogens (tertiary/aromatic N) is 3. The minimum Gasteiger partial charge on any atom is -0.389 e. The van der Waals surface area contributed by atoms with Crippen molar-refractivity contribution in [1.29, 1.82) is 0 Å². The molecule has 0 spiro atoms. The van der Waals surface area contributed by atoms with Crippen LogP contribution in [0.2, 0.25) is 0 Å². The summed E-state index contributed by atoms with van der Waals surface area (Å²) in [7, 11) is 0. The van der Waals surface area contributed by atoms with Crippen LogP contribution in [0.15, 0.2) is 0 Å². The van der Waals surface area contributed by atoms with Crippen molar-refractivity contribution in [2.24, 2.45) is 0 Å². The van der Waals surface area contributed by atoms with Crippen molar-refractivity contribution in [2.75, 3.05) is 45.8 Å². The molecule has 2 saturated heterocycles. The number of piperazine rings is 1.